The van der Waals surface area contributed by atoms with E-state index in [0.29, 0.717) is 5.69 Å². The number of aromatic nitrogens is 2. The van der Waals surface area contributed by atoms with Gasteiger partial charge in [-0.1, -0.05) is 13.8 Å². The molecule has 0 radical (unpaired) electrons. The van der Waals surface area contributed by atoms with Gasteiger partial charge in [-0.2, -0.15) is 0 Å². The highest BCUT2D eigenvalue weighted by Crippen LogP contribution is 2.38. The van der Waals surface area contributed by atoms with Crippen LogP contribution >= 0.6 is 7.82 Å². The molecule has 0 aliphatic heterocycles. The van der Waals surface area contributed by atoms with E-state index in [0.717, 1.165) is 18.7 Å². The fourth-order valence-corrected chi connectivity index (χ4v) is 5.51. The number of nitrogens with zero attached hydrogens (tertiary/aromatic N) is 2. The van der Waals surface area contributed by atoms with Crippen molar-refractivity contribution >= 4 is 49.2 Å². The maximum atomic E-state index is 13.7. The van der Waals surface area contributed by atoms with Gasteiger partial charge in [0, 0.05) is 25.2 Å². The monoisotopic (exact) mass is 834 g/mol. The van der Waals surface area contributed by atoms with Gasteiger partial charge in [-0.15, -0.1) is 0 Å². The van der Waals surface area contributed by atoms with Crippen molar-refractivity contribution in [3.8, 4) is 0 Å². The highest BCUT2D eigenvalue weighted by atomic mass is 31.2. The average molecular weight is 835 g/mol. The van der Waals surface area contributed by atoms with E-state index < -0.39 is 104 Å². The second-order valence-electron chi connectivity index (χ2n) is 15.3. The molecule has 7 amide bonds. The number of phosphoric ester groups is 1. The first-order valence-corrected chi connectivity index (χ1v) is 19.6. The highest BCUT2D eigenvalue weighted by molar-refractivity contribution is 7.46. The molecule has 5 atom stereocenters. The van der Waals surface area contributed by atoms with Crippen molar-refractivity contribution in [2.75, 3.05) is 26.4 Å². The molecule has 0 unspecified atom stereocenters. The SMILES string of the molecule is CC(=O)N(CC(=O)N[C@@H](CC(C)C)C(=O)N[C@@H](Cc1cnc[nH]1)C(=O)N[C@@H](CO)C(=O)N[C@H](C(N)=O)[C@@H](C)OP(=O)(O)O)C(=O)CCOC(C)(C)COC(C)(C)C. The number of hydrogen-bond acceptors (Lipinski definition) is 13. The molecule has 23 heteroatoms. The lowest BCUT2D eigenvalue weighted by atomic mass is 10.0. The molecule has 10 N–H and O–H groups in total. The van der Waals surface area contributed by atoms with Crippen LogP contribution in [0.2, 0.25) is 0 Å². The molecular weight excluding hydrogens is 775 g/mol. The van der Waals surface area contributed by atoms with Crippen LogP contribution in [-0.4, -0.2) is 139 Å². The second kappa shape index (κ2) is 22.6. The van der Waals surface area contributed by atoms with E-state index in [4.69, 9.17) is 25.0 Å². The first-order valence-electron chi connectivity index (χ1n) is 18.0. The topological polar surface area (TPSA) is 331 Å². The Morgan fingerprint density at radius 1 is 0.912 bits per heavy atom. The summed E-state index contributed by atoms with van der Waals surface area (Å²) in [6, 6.07) is -6.32. The molecule has 1 heterocycles. The molecule has 0 fully saturated rings. The number of imidazole rings is 1. The fourth-order valence-electron chi connectivity index (χ4n) is 4.96. The number of primary amides is 1. The lowest BCUT2D eigenvalue weighted by molar-refractivity contribution is -0.150. The summed E-state index contributed by atoms with van der Waals surface area (Å²) in [5.74, 6) is -6.77. The van der Waals surface area contributed by atoms with E-state index >= 15 is 0 Å². The molecule has 1 aromatic heterocycles. The molecule has 0 saturated heterocycles. The van der Waals surface area contributed by atoms with Gasteiger partial charge in [0.2, 0.25) is 41.4 Å². The van der Waals surface area contributed by atoms with Crippen molar-refractivity contribution in [3.05, 3.63) is 18.2 Å². The molecule has 0 bridgehead atoms. The Morgan fingerprint density at radius 3 is 1.98 bits per heavy atom. The first-order chi connectivity index (χ1) is 26.1. The zero-order valence-electron chi connectivity index (χ0n) is 33.8. The average Bonchev–Trinajstić information content (AvgIpc) is 3.58. The van der Waals surface area contributed by atoms with Crippen LogP contribution in [0.5, 0.6) is 0 Å². The van der Waals surface area contributed by atoms with Gasteiger partial charge < -0.3 is 56.4 Å². The minimum absolute atomic E-state index is 0.0502. The summed E-state index contributed by atoms with van der Waals surface area (Å²) < 4.78 is 27.2. The summed E-state index contributed by atoms with van der Waals surface area (Å²) in [7, 11) is -5.12. The Labute approximate surface area is 331 Å². The highest BCUT2D eigenvalue weighted by Gasteiger charge is 2.35. The second-order valence-corrected chi connectivity index (χ2v) is 16.5. The number of amides is 7. The van der Waals surface area contributed by atoms with Gasteiger partial charge in [-0.25, -0.2) is 9.55 Å². The number of nitrogens with one attached hydrogen (secondary N) is 5. The molecule has 0 aromatic carbocycles. The van der Waals surface area contributed by atoms with E-state index in [1.807, 2.05) is 20.8 Å². The van der Waals surface area contributed by atoms with Gasteiger partial charge >= 0.3 is 7.82 Å². The minimum Gasteiger partial charge on any atom is -0.394 e. The molecule has 1 aromatic rings. The molecule has 57 heavy (non-hydrogen) atoms. The summed E-state index contributed by atoms with van der Waals surface area (Å²) >= 11 is 0. The van der Waals surface area contributed by atoms with Crippen LogP contribution in [0.15, 0.2) is 12.5 Å². The standard InChI is InChI=1S/C34H59N8O14P/c1-19(2)12-23(38-26(45)15-42(21(4)44)27(46)10-11-54-34(8,9)17-55-33(5,6)7)30(48)39-24(13-22-14-36-18-37-22)31(49)40-25(16-43)32(50)41-28(29(35)47)20(3)56-57(51,52)53/h14,18-20,23-25,28,43H,10-13,15-17H2,1-9H3,(H2,35,47)(H,36,37)(H,38,45)(H,39,48)(H,40,49)(H,41,50)(H2,51,52,53)/t20-,23+,24+,25+,28+/m1/s1. The molecule has 0 aliphatic carbocycles. The van der Waals surface area contributed by atoms with Crippen molar-refractivity contribution in [2.24, 2.45) is 11.7 Å². The van der Waals surface area contributed by atoms with Crippen molar-refractivity contribution < 1.29 is 67.0 Å². The summed E-state index contributed by atoms with van der Waals surface area (Å²) in [6.07, 6.45) is 0.615. The number of aromatic amines is 1. The number of hydrogen-bond donors (Lipinski definition) is 9. The third-order valence-electron chi connectivity index (χ3n) is 7.81. The Balaban J connectivity index is 3.13. The normalized spacial score (nSPS) is 14.8. The maximum absolute atomic E-state index is 13.7. The number of phosphoric acid groups is 1. The number of carbonyl (C=O) groups is 7. The number of carbonyl (C=O) groups excluding carboxylic acids is 7. The number of H-pyrrole nitrogens is 1. The number of imide groups is 1. The largest absolute Gasteiger partial charge is 0.469 e. The molecule has 22 nitrogen and oxygen atoms in total. The molecule has 0 spiro atoms. The lowest BCUT2D eigenvalue weighted by Crippen LogP contribution is -2.61. The van der Waals surface area contributed by atoms with E-state index in [9.17, 15) is 43.2 Å². The van der Waals surface area contributed by atoms with Crippen molar-refractivity contribution in [1.82, 2.24) is 36.1 Å². The molecule has 0 saturated carbocycles. The van der Waals surface area contributed by atoms with Crippen LogP contribution in [-0.2, 0) is 58.5 Å². The summed E-state index contributed by atoms with van der Waals surface area (Å²) in [5.41, 5.74) is 4.45. The van der Waals surface area contributed by atoms with Crippen LogP contribution in [0.3, 0.4) is 0 Å². The number of rotatable bonds is 24. The predicted molar refractivity (Wildman–Crippen MR) is 201 cm³/mol. The molecular formula is C34H59N8O14P. The van der Waals surface area contributed by atoms with Gasteiger partial charge in [0.25, 0.3) is 0 Å². The van der Waals surface area contributed by atoms with E-state index in [-0.39, 0.29) is 38.4 Å². The van der Waals surface area contributed by atoms with Crippen molar-refractivity contribution in [2.45, 2.75) is 123 Å². The zero-order chi connectivity index (χ0) is 43.9. The fraction of sp³-hybridized carbons (Fsp3) is 0.706. The Kier molecular flexibility index (Phi) is 20.1. The lowest BCUT2D eigenvalue weighted by Gasteiger charge is -2.30. The number of ether oxygens (including phenoxy) is 2. The van der Waals surface area contributed by atoms with E-state index in [2.05, 4.69) is 35.8 Å². The van der Waals surface area contributed by atoms with Gasteiger partial charge in [0.05, 0.1) is 49.9 Å². The Bertz CT molecular complexity index is 1580. The number of aliphatic hydroxyl groups is 1. The van der Waals surface area contributed by atoms with Crippen LogP contribution < -0.4 is 27.0 Å². The number of nitrogens with two attached hydrogens (primary N) is 1. The van der Waals surface area contributed by atoms with E-state index in [1.54, 1.807) is 27.7 Å². The molecule has 0 aliphatic rings. The molecule has 324 valence electrons. The van der Waals surface area contributed by atoms with Crippen LogP contribution in [0.1, 0.15) is 80.8 Å². The summed E-state index contributed by atoms with van der Waals surface area (Å²) in [4.78, 5) is 116. The smallest absolute Gasteiger partial charge is 0.394 e. The third-order valence-corrected chi connectivity index (χ3v) is 8.42. The van der Waals surface area contributed by atoms with Crippen LogP contribution in [0, 0.1) is 5.92 Å². The zero-order valence-corrected chi connectivity index (χ0v) is 34.7. The minimum atomic E-state index is -5.12. The Hall–Kier alpha value is -4.31. The van der Waals surface area contributed by atoms with Gasteiger partial charge in [0.1, 0.15) is 30.7 Å². The Morgan fingerprint density at radius 2 is 1.49 bits per heavy atom. The molecule has 1 rings (SSSR count). The summed E-state index contributed by atoms with van der Waals surface area (Å²) in [5, 5.41) is 19.3. The van der Waals surface area contributed by atoms with Crippen molar-refractivity contribution in [1.29, 1.82) is 0 Å². The number of aliphatic hydroxyl groups excluding tert-OH is 1. The first kappa shape index (κ1) is 50.7. The van der Waals surface area contributed by atoms with Crippen LogP contribution in [0.4, 0.5) is 0 Å². The van der Waals surface area contributed by atoms with Gasteiger partial charge in [0.15, 0.2) is 0 Å². The summed E-state index contributed by atoms with van der Waals surface area (Å²) in [6.45, 7) is 13.3. The van der Waals surface area contributed by atoms with Gasteiger partial charge in [-0.3, -0.25) is 43.0 Å². The third kappa shape index (κ3) is 20.1. The quantitative estimate of drug-likeness (QED) is 0.0524. The predicted octanol–water partition coefficient (Wildman–Crippen LogP) is -1.71. The van der Waals surface area contributed by atoms with Crippen LogP contribution in [0.25, 0.3) is 0 Å². The van der Waals surface area contributed by atoms with E-state index in [1.165, 1.54) is 12.5 Å². The maximum Gasteiger partial charge on any atom is 0.469 e. The van der Waals surface area contributed by atoms with Gasteiger partial charge in [-0.05, 0) is 53.9 Å². The van der Waals surface area contributed by atoms with Crippen molar-refractivity contribution in [3.63, 3.8) is 0 Å².